The van der Waals surface area contributed by atoms with E-state index in [4.69, 9.17) is 16.4 Å². The lowest BCUT2D eigenvalue weighted by Crippen LogP contribution is -2.45. The van der Waals surface area contributed by atoms with Crippen LogP contribution in [0.15, 0.2) is 24.3 Å². The smallest absolute Gasteiger partial charge is 0.261 e. The van der Waals surface area contributed by atoms with E-state index in [0.717, 1.165) is 5.69 Å². The number of nitrogens with zero attached hydrogens (tertiary/aromatic N) is 1. The molecule has 0 spiro atoms. The zero-order valence-corrected chi connectivity index (χ0v) is 10.6. The topological polar surface area (TPSA) is 41.6 Å². The van der Waals surface area contributed by atoms with Crippen molar-refractivity contribution in [1.82, 2.24) is 5.48 Å². The van der Waals surface area contributed by atoms with Crippen molar-refractivity contribution in [2.24, 2.45) is 0 Å². The second kappa shape index (κ2) is 4.55. The van der Waals surface area contributed by atoms with Crippen LogP contribution in [-0.2, 0) is 4.84 Å². The molecule has 0 aliphatic carbocycles. The van der Waals surface area contributed by atoms with Crippen LogP contribution >= 0.6 is 11.6 Å². The van der Waals surface area contributed by atoms with Crippen molar-refractivity contribution in [2.75, 3.05) is 4.90 Å². The lowest BCUT2D eigenvalue weighted by molar-refractivity contribution is -0.0525. The molecule has 17 heavy (non-hydrogen) atoms. The van der Waals surface area contributed by atoms with Gasteiger partial charge in [-0.15, -0.1) is 0 Å². The van der Waals surface area contributed by atoms with Gasteiger partial charge in [-0.1, -0.05) is 31.5 Å². The summed E-state index contributed by atoms with van der Waals surface area (Å²) in [4.78, 5) is 18.9. The molecular formula is C12H15ClN2O2. The third-order valence-corrected chi connectivity index (χ3v) is 3.35. The van der Waals surface area contributed by atoms with Gasteiger partial charge < -0.3 is 0 Å². The standard InChI is InChI=1S/C12H15ClN2O2/c1-3-12(4-2)15(11(16)14-17-12)10-7-5-6-9(13)8-10/h5-8H,3-4H2,1-2H3,(H,14,16). The number of halogens is 1. The maximum atomic E-state index is 11.9. The normalized spacial score (nSPS) is 18.3. The van der Waals surface area contributed by atoms with Gasteiger partial charge in [0.25, 0.3) is 0 Å². The number of benzene rings is 1. The van der Waals surface area contributed by atoms with Crippen LogP contribution in [0.5, 0.6) is 0 Å². The quantitative estimate of drug-likeness (QED) is 0.899. The summed E-state index contributed by atoms with van der Waals surface area (Å²) in [6.45, 7) is 3.97. The summed E-state index contributed by atoms with van der Waals surface area (Å²) >= 11 is 5.95. The molecule has 0 radical (unpaired) electrons. The Labute approximate surface area is 105 Å². The molecule has 0 atom stereocenters. The van der Waals surface area contributed by atoms with E-state index in [9.17, 15) is 4.79 Å². The van der Waals surface area contributed by atoms with Crippen molar-refractivity contribution in [3.05, 3.63) is 29.3 Å². The first-order chi connectivity index (χ1) is 8.13. The van der Waals surface area contributed by atoms with Crippen molar-refractivity contribution >= 4 is 23.3 Å². The van der Waals surface area contributed by atoms with Gasteiger partial charge in [0.1, 0.15) is 0 Å². The van der Waals surface area contributed by atoms with Gasteiger partial charge in [-0.25, -0.2) is 15.1 Å². The number of hydroxylamine groups is 1. The van der Waals surface area contributed by atoms with Crippen molar-refractivity contribution in [2.45, 2.75) is 32.4 Å². The van der Waals surface area contributed by atoms with Gasteiger partial charge in [-0.2, -0.15) is 0 Å². The van der Waals surface area contributed by atoms with Gasteiger partial charge in [-0.05, 0) is 31.0 Å². The van der Waals surface area contributed by atoms with Gasteiger partial charge in [0.15, 0.2) is 5.72 Å². The number of anilines is 1. The van der Waals surface area contributed by atoms with Crippen LogP contribution in [0.2, 0.25) is 5.02 Å². The molecular weight excluding hydrogens is 240 g/mol. The second-order valence-corrected chi connectivity index (χ2v) is 4.41. The first kappa shape index (κ1) is 12.2. The summed E-state index contributed by atoms with van der Waals surface area (Å²) in [5.41, 5.74) is 2.55. The summed E-state index contributed by atoms with van der Waals surface area (Å²) in [5.74, 6) is 0. The third kappa shape index (κ3) is 1.98. The highest BCUT2D eigenvalue weighted by Gasteiger charge is 2.45. The lowest BCUT2D eigenvalue weighted by Gasteiger charge is -2.33. The van der Waals surface area contributed by atoms with E-state index in [1.807, 2.05) is 26.0 Å². The van der Waals surface area contributed by atoms with E-state index < -0.39 is 5.72 Å². The predicted molar refractivity (Wildman–Crippen MR) is 66.9 cm³/mol. The largest absolute Gasteiger partial charge is 0.348 e. The Kier molecular flexibility index (Phi) is 3.26. The Bertz CT molecular complexity index is 432. The van der Waals surface area contributed by atoms with Crippen LogP contribution in [0.1, 0.15) is 26.7 Å². The number of nitrogens with one attached hydrogen (secondary N) is 1. The van der Waals surface area contributed by atoms with Gasteiger partial charge >= 0.3 is 6.03 Å². The molecule has 0 aromatic heterocycles. The fraction of sp³-hybridized carbons (Fsp3) is 0.417. The van der Waals surface area contributed by atoms with Crippen LogP contribution in [-0.4, -0.2) is 11.8 Å². The molecule has 1 aromatic carbocycles. The maximum Gasteiger partial charge on any atom is 0.348 e. The molecule has 0 saturated carbocycles. The Morgan fingerprint density at radius 2 is 2.12 bits per heavy atom. The summed E-state index contributed by atoms with van der Waals surface area (Å²) in [6.07, 6.45) is 1.41. The molecule has 1 aromatic rings. The molecule has 5 heteroatoms. The zero-order chi connectivity index (χ0) is 12.5. The highest BCUT2D eigenvalue weighted by Crippen LogP contribution is 2.35. The van der Waals surface area contributed by atoms with Gasteiger partial charge in [0, 0.05) is 5.02 Å². The first-order valence-electron chi connectivity index (χ1n) is 5.66. The van der Waals surface area contributed by atoms with Crippen molar-refractivity contribution in [1.29, 1.82) is 0 Å². The molecule has 92 valence electrons. The highest BCUT2D eigenvalue weighted by molar-refractivity contribution is 6.30. The van der Waals surface area contributed by atoms with E-state index >= 15 is 0 Å². The minimum absolute atomic E-state index is 0.254. The Balaban J connectivity index is 2.43. The molecule has 1 aliphatic rings. The number of amides is 2. The average Bonchev–Trinajstić information content (AvgIpc) is 2.67. The predicted octanol–water partition coefficient (Wildman–Crippen LogP) is 3.32. The minimum Gasteiger partial charge on any atom is -0.261 e. The number of hydrogen-bond acceptors (Lipinski definition) is 2. The molecule has 1 fully saturated rings. The number of hydrogen-bond donors (Lipinski definition) is 1. The molecule has 0 unspecified atom stereocenters. The average molecular weight is 255 g/mol. The summed E-state index contributed by atoms with van der Waals surface area (Å²) in [7, 11) is 0. The van der Waals surface area contributed by atoms with E-state index in [0.29, 0.717) is 17.9 Å². The number of urea groups is 1. The van der Waals surface area contributed by atoms with Gasteiger partial charge in [-0.3, -0.25) is 4.90 Å². The van der Waals surface area contributed by atoms with E-state index in [-0.39, 0.29) is 6.03 Å². The van der Waals surface area contributed by atoms with Crippen molar-refractivity contribution in [3.63, 3.8) is 0 Å². The molecule has 0 bridgehead atoms. The minimum atomic E-state index is -0.623. The zero-order valence-electron chi connectivity index (χ0n) is 9.87. The SMILES string of the molecule is CCC1(CC)ONC(=O)N1c1cccc(Cl)c1. The van der Waals surface area contributed by atoms with Crippen molar-refractivity contribution in [3.8, 4) is 0 Å². The lowest BCUT2D eigenvalue weighted by atomic mass is 10.1. The van der Waals surface area contributed by atoms with Crippen LogP contribution in [0.4, 0.5) is 10.5 Å². The maximum absolute atomic E-state index is 11.9. The van der Waals surface area contributed by atoms with Crippen LogP contribution in [0, 0.1) is 0 Å². The summed E-state index contributed by atoms with van der Waals surface area (Å²) in [6, 6.07) is 6.95. The Hall–Kier alpha value is -1.26. The summed E-state index contributed by atoms with van der Waals surface area (Å²) in [5, 5.41) is 0.600. The fourth-order valence-electron chi connectivity index (χ4n) is 2.09. The molecule has 4 nitrogen and oxygen atoms in total. The van der Waals surface area contributed by atoms with E-state index in [2.05, 4.69) is 5.48 Å². The Morgan fingerprint density at radius 3 is 2.71 bits per heavy atom. The molecule has 1 N–H and O–H groups in total. The number of rotatable bonds is 3. The molecule has 2 amide bonds. The number of carbonyl (C=O) groups excluding carboxylic acids is 1. The highest BCUT2D eigenvalue weighted by atomic mass is 35.5. The van der Waals surface area contributed by atoms with Crippen LogP contribution in [0.3, 0.4) is 0 Å². The van der Waals surface area contributed by atoms with Gasteiger partial charge in [0.2, 0.25) is 0 Å². The number of carbonyl (C=O) groups is 1. The van der Waals surface area contributed by atoms with Crippen molar-refractivity contribution < 1.29 is 9.63 Å². The van der Waals surface area contributed by atoms with Crippen LogP contribution < -0.4 is 10.4 Å². The fourth-order valence-corrected chi connectivity index (χ4v) is 2.28. The molecule has 1 heterocycles. The molecule has 1 saturated heterocycles. The summed E-state index contributed by atoms with van der Waals surface area (Å²) < 4.78 is 0. The third-order valence-electron chi connectivity index (χ3n) is 3.11. The monoisotopic (exact) mass is 254 g/mol. The molecule has 2 rings (SSSR count). The van der Waals surface area contributed by atoms with E-state index in [1.54, 1.807) is 17.0 Å². The molecule has 1 aliphatic heterocycles. The van der Waals surface area contributed by atoms with Crippen LogP contribution in [0.25, 0.3) is 0 Å². The van der Waals surface area contributed by atoms with E-state index in [1.165, 1.54) is 0 Å². The first-order valence-corrected chi connectivity index (χ1v) is 6.04. The Morgan fingerprint density at radius 1 is 1.41 bits per heavy atom. The van der Waals surface area contributed by atoms with Gasteiger partial charge in [0.05, 0.1) is 5.69 Å². The second-order valence-electron chi connectivity index (χ2n) is 3.98.